The molecule has 0 spiro atoms. The fourth-order valence-corrected chi connectivity index (χ4v) is 3.50. The van der Waals surface area contributed by atoms with Crippen molar-refractivity contribution in [2.24, 2.45) is 0 Å². The average Bonchev–Trinajstić information content (AvgIpc) is 2.98. The Morgan fingerprint density at radius 1 is 1.14 bits per heavy atom. The Kier molecular flexibility index (Phi) is 6.08. The second-order valence-electron chi connectivity index (χ2n) is 6.89. The van der Waals surface area contributed by atoms with Gasteiger partial charge in [0, 0.05) is 16.9 Å². The zero-order valence-electron chi connectivity index (χ0n) is 15.6. The second-order valence-corrected chi connectivity index (χ2v) is 7.90. The lowest BCUT2D eigenvalue weighted by atomic mass is 10.0. The van der Waals surface area contributed by atoms with Crippen LogP contribution in [0.1, 0.15) is 19.4 Å². The average molecular weight is 404 g/mol. The molecule has 148 valence electrons. The van der Waals surface area contributed by atoms with E-state index in [-0.39, 0.29) is 18.0 Å². The lowest BCUT2D eigenvalue weighted by Gasteiger charge is -2.18. The zero-order valence-corrected chi connectivity index (χ0v) is 16.4. The molecule has 1 aliphatic rings. The minimum absolute atomic E-state index is 0.0306. The summed E-state index contributed by atoms with van der Waals surface area (Å²) in [5, 5.41) is 0. The van der Waals surface area contributed by atoms with Crippen LogP contribution in [0.2, 0.25) is 0 Å². The molecular weight excluding hydrogens is 383 g/mol. The van der Waals surface area contributed by atoms with Crippen LogP contribution in [0, 0.1) is 5.82 Å². The Bertz CT molecular complexity index is 888. The van der Waals surface area contributed by atoms with Gasteiger partial charge in [-0.3, -0.25) is 20.4 Å². The number of rotatable bonds is 6. The minimum atomic E-state index is -0.515. The first-order valence-electron chi connectivity index (χ1n) is 8.73. The largest absolute Gasteiger partial charge is 0.483 e. The number of benzene rings is 2. The summed E-state index contributed by atoms with van der Waals surface area (Å²) < 4.78 is 24.9. The van der Waals surface area contributed by atoms with Crippen LogP contribution in [0.25, 0.3) is 0 Å². The maximum atomic E-state index is 13.5. The van der Waals surface area contributed by atoms with Crippen molar-refractivity contribution in [2.75, 3.05) is 12.4 Å². The van der Waals surface area contributed by atoms with Crippen molar-refractivity contribution in [1.82, 2.24) is 10.9 Å². The van der Waals surface area contributed by atoms with Crippen molar-refractivity contribution in [3.8, 4) is 11.5 Å². The molecule has 2 amide bonds. The molecule has 0 aromatic heterocycles. The number of ether oxygens (including phenoxy) is 2. The lowest BCUT2D eigenvalue weighted by molar-refractivity contribution is -0.128. The van der Waals surface area contributed by atoms with E-state index in [4.69, 9.17) is 9.47 Å². The van der Waals surface area contributed by atoms with Crippen molar-refractivity contribution in [2.45, 2.75) is 30.8 Å². The number of carbonyl (C=O) groups excluding carboxylic acids is 2. The highest BCUT2D eigenvalue weighted by Crippen LogP contribution is 2.41. The summed E-state index contributed by atoms with van der Waals surface area (Å²) in [6.07, 6.45) is 0.765. The van der Waals surface area contributed by atoms with Gasteiger partial charge >= 0.3 is 0 Å². The molecular formula is C20H21FN2O4S. The third kappa shape index (κ3) is 5.16. The van der Waals surface area contributed by atoms with Gasteiger partial charge in [-0.25, -0.2) is 4.39 Å². The van der Waals surface area contributed by atoms with E-state index in [9.17, 15) is 14.0 Å². The van der Waals surface area contributed by atoms with E-state index in [0.717, 1.165) is 23.7 Å². The third-order valence-electron chi connectivity index (χ3n) is 3.95. The predicted octanol–water partition coefficient (Wildman–Crippen LogP) is 2.86. The van der Waals surface area contributed by atoms with Gasteiger partial charge in [0.15, 0.2) is 18.1 Å². The number of hydrazine groups is 1. The van der Waals surface area contributed by atoms with Crippen LogP contribution >= 0.6 is 11.8 Å². The van der Waals surface area contributed by atoms with E-state index in [1.54, 1.807) is 24.3 Å². The molecule has 0 unspecified atom stereocenters. The summed E-state index contributed by atoms with van der Waals surface area (Å²) in [4.78, 5) is 24.1. The van der Waals surface area contributed by atoms with Crippen LogP contribution in [0.4, 0.5) is 4.39 Å². The molecule has 0 aliphatic carbocycles. The van der Waals surface area contributed by atoms with E-state index in [2.05, 4.69) is 10.9 Å². The number of hydrogen-bond donors (Lipinski definition) is 2. The molecule has 1 aliphatic heterocycles. The van der Waals surface area contributed by atoms with Crippen LogP contribution in [0.15, 0.2) is 47.4 Å². The normalized spacial score (nSPS) is 14.0. The van der Waals surface area contributed by atoms with E-state index in [1.807, 2.05) is 26.0 Å². The summed E-state index contributed by atoms with van der Waals surface area (Å²) >= 11 is 1.04. The highest BCUT2D eigenvalue weighted by molar-refractivity contribution is 8.00. The first-order valence-corrected chi connectivity index (χ1v) is 9.71. The number of fused-ring (bicyclic) bond motifs is 1. The fraction of sp³-hybridized carbons (Fsp3) is 0.300. The quantitative estimate of drug-likeness (QED) is 0.572. The number of halogens is 1. The molecule has 0 bridgehead atoms. The maximum absolute atomic E-state index is 13.5. The highest BCUT2D eigenvalue weighted by Gasteiger charge is 2.32. The summed E-state index contributed by atoms with van der Waals surface area (Å²) in [5.74, 6) is -0.257. The fourth-order valence-electron chi connectivity index (χ4n) is 2.76. The Labute approximate surface area is 166 Å². The second kappa shape index (κ2) is 8.52. The molecule has 3 rings (SSSR count). The van der Waals surface area contributed by atoms with Crippen LogP contribution in [-0.4, -0.2) is 29.8 Å². The predicted molar refractivity (Wildman–Crippen MR) is 104 cm³/mol. The molecule has 0 radical (unpaired) electrons. The number of para-hydroxylation sites is 1. The molecule has 2 aromatic carbocycles. The molecule has 8 heteroatoms. The summed E-state index contributed by atoms with van der Waals surface area (Å²) in [5.41, 5.74) is 5.27. The van der Waals surface area contributed by atoms with Gasteiger partial charge in [-0.15, -0.1) is 11.8 Å². The maximum Gasteiger partial charge on any atom is 0.276 e. The lowest BCUT2D eigenvalue weighted by Crippen LogP contribution is -2.44. The van der Waals surface area contributed by atoms with Gasteiger partial charge < -0.3 is 9.47 Å². The van der Waals surface area contributed by atoms with Crippen molar-refractivity contribution in [3.63, 3.8) is 0 Å². The van der Waals surface area contributed by atoms with Gasteiger partial charge in [0.1, 0.15) is 11.4 Å². The van der Waals surface area contributed by atoms with Crippen LogP contribution in [0.3, 0.4) is 0 Å². The Hall–Kier alpha value is -2.74. The van der Waals surface area contributed by atoms with Crippen molar-refractivity contribution in [1.29, 1.82) is 0 Å². The Morgan fingerprint density at radius 2 is 1.89 bits per heavy atom. The molecule has 0 saturated heterocycles. The summed E-state index contributed by atoms with van der Waals surface area (Å²) in [6.45, 7) is 3.69. The number of amides is 2. The molecule has 1 heterocycles. The Morgan fingerprint density at radius 3 is 2.68 bits per heavy atom. The van der Waals surface area contributed by atoms with Gasteiger partial charge in [-0.2, -0.15) is 0 Å². The van der Waals surface area contributed by atoms with Crippen LogP contribution < -0.4 is 20.3 Å². The molecule has 2 N–H and O–H groups in total. The standard InChI is InChI=1S/C20H21FN2O4S/c1-20(2)10-13-6-5-8-15(19(13)27-20)26-11-17(24)22-23-18(25)12-28-16-9-4-3-7-14(16)21/h3-9H,10-12H2,1-2H3,(H,22,24)(H,23,25). The molecule has 2 aromatic rings. The van der Waals surface area contributed by atoms with Gasteiger partial charge in [0.25, 0.3) is 5.91 Å². The SMILES string of the molecule is CC1(C)Cc2cccc(OCC(=O)NNC(=O)CSc3ccccc3F)c2O1. The summed E-state index contributed by atoms with van der Waals surface area (Å²) in [6, 6.07) is 11.7. The van der Waals surface area contributed by atoms with E-state index >= 15 is 0 Å². The van der Waals surface area contributed by atoms with Crippen molar-refractivity contribution < 1.29 is 23.5 Å². The van der Waals surface area contributed by atoms with E-state index in [1.165, 1.54) is 6.07 Å². The van der Waals surface area contributed by atoms with Crippen molar-refractivity contribution >= 4 is 23.6 Å². The van der Waals surface area contributed by atoms with Gasteiger partial charge in [0.05, 0.1) is 5.75 Å². The monoisotopic (exact) mass is 404 g/mol. The molecule has 0 fully saturated rings. The molecule has 0 atom stereocenters. The smallest absolute Gasteiger partial charge is 0.276 e. The molecule has 0 saturated carbocycles. The third-order valence-corrected chi connectivity index (χ3v) is 5.00. The van der Waals surface area contributed by atoms with Crippen LogP contribution in [-0.2, 0) is 16.0 Å². The Balaban J connectivity index is 1.43. The first-order chi connectivity index (χ1) is 13.3. The zero-order chi connectivity index (χ0) is 20.1. The number of hydrogen-bond acceptors (Lipinski definition) is 5. The minimum Gasteiger partial charge on any atom is -0.483 e. The van der Waals surface area contributed by atoms with Gasteiger partial charge in [-0.1, -0.05) is 24.3 Å². The molecule has 28 heavy (non-hydrogen) atoms. The van der Waals surface area contributed by atoms with E-state index < -0.39 is 17.6 Å². The first kappa shape index (κ1) is 20.0. The molecule has 6 nitrogen and oxygen atoms in total. The number of carbonyl (C=O) groups is 2. The topological polar surface area (TPSA) is 76.7 Å². The van der Waals surface area contributed by atoms with Crippen molar-refractivity contribution in [3.05, 3.63) is 53.8 Å². The van der Waals surface area contributed by atoms with Gasteiger partial charge in [-0.05, 0) is 32.0 Å². The highest BCUT2D eigenvalue weighted by atomic mass is 32.2. The summed E-state index contributed by atoms with van der Waals surface area (Å²) in [7, 11) is 0. The van der Waals surface area contributed by atoms with Gasteiger partial charge in [0.2, 0.25) is 5.91 Å². The van der Waals surface area contributed by atoms with E-state index in [0.29, 0.717) is 16.4 Å². The number of thioether (sulfide) groups is 1. The number of nitrogens with one attached hydrogen (secondary N) is 2. The van der Waals surface area contributed by atoms with Crippen LogP contribution in [0.5, 0.6) is 11.5 Å².